The number of carbonyl (C=O) groups excluding carboxylic acids is 1. The molecule has 1 aromatic heterocycles. The molecule has 2 atom stereocenters. The minimum absolute atomic E-state index is 0.290. The summed E-state index contributed by atoms with van der Waals surface area (Å²) in [6.07, 6.45) is 1.66. The van der Waals surface area contributed by atoms with Gasteiger partial charge in [0.2, 0.25) is 6.10 Å². The predicted octanol–water partition coefficient (Wildman–Crippen LogP) is 3.91. The van der Waals surface area contributed by atoms with Gasteiger partial charge in [-0.15, -0.1) is 0 Å². The van der Waals surface area contributed by atoms with E-state index in [9.17, 15) is 4.79 Å². The molecule has 4 rings (SSSR count). The van der Waals surface area contributed by atoms with Crippen molar-refractivity contribution in [1.82, 2.24) is 15.5 Å². The van der Waals surface area contributed by atoms with Crippen LogP contribution in [0.3, 0.4) is 0 Å². The molecule has 1 fully saturated rings. The number of aromatic nitrogens is 2. The Balaban J connectivity index is 1.42. The van der Waals surface area contributed by atoms with Crippen LogP contribution in [-0.4, -0.2) is 27.5 Å². The van der Waals surface area contributed by atoms with Gasteiger partial charge in [0, 0.05) is 6.42 Å². The number of nitrogens with one attached hydrogen (secondary N) is 1. The van der Waals surface area contributed by atoms with Gasteiger partial charge in [0.05, 0.1) is 11.8 Å². The van der Waals surface area contributed by atoms with E-state index >= 15 is 0 Å². The summed E-state index contributed by atoms with van der Waals surface area (Å²) in [5.74, 6) is 1.10. The van der Waals surface area contributed by atoms with Gasteiger partial charge in [-0.05, 0) is 45.1 Å². The molecule has 1 N–H and O–H groups in total. The number of nitrogens with zero attached hydrogens (tertiary/aromatic N) is 3. The summed E-state index contributed by atoms with van der Waals surface area (Å²) in [5, 5.41) is 11.1. The number of rotatable bonds is 5. The van der Waals surface area contributed by atoms with Crippen molar-refractivity contribution >= 4 is 11.8 Å². The van der Waals surface area contributed by atoms with Crippen LogP contribution in [-0.2, 0) is 9.57 Å². The summed E-state index contributed by atoms with van der Waals surface area (Å²) in [4.78, 5) is 22.2. The number of oxime groups is 1. The van der Waals surface area contributed by atoms with Crippen LogP contribution in [0.4, 0.5) is 4.79 Å². The fourth-order valence-corrected chi connectivity index (χ4v) is 3.07. The first kappa shape index (κ1) is 18.5. The molecule has 2 heterocycles. The third-order valence-electron chi connectivity index (χ3n) is 4.55. The van der Waals surface area contributed by atoms with Crippen molar-refractivity contribution in [2.45, 2.75) is 57.8 Å². The first-order chi connectivity index (χ1) is 13.4. The standard InChI is InChI=1S/C20H24N4O4/c1-20(2,3)26-19(25)21-16(13-9-10-13)17-22-18(28-24-17)15-11-14(23-27-15)12-7-5-4-6-8-12/h4-8,13,15-16H,9-11H2,1-3H3,(H,21,25). The van der Waals surface area contributed by atoms with Crippen LogP contribution in [0.2, 0.25) is 0 Å². The fraction of sp³-hybridized carbons (Fsp3) is 0.500. The molecule has 2 unspecified atom stereocenters. The van der Waals surface area contributed by atoms with E-state index in [0.29, 0.717) is 24.1 Å². The Morgan fingerprint density at radius 1 is 1.25 bits per heavy atom. The Hall–Kier alpha value is -2.90. The molecule has 0 saturated heterocycles. The SMILES string of the molecule is CC(C)(C)OC(=O)NC(c1noc(C2CC(c3ccccc3)=NO2)n1)C1CC1. The van der Waals surface area contributed by atoms with E-state index in [4.69, 9.17) is 14.1 Å². The van der Waals surface area contributed by atoms with Crippen LogP contribution in [0.15, 0.2) is 40.0 Å². The van der Waals surface area contributed by atoms with E-state index in [1.54, 1.807) is 0 Å². The Bertz CT molecular complexity index is 868. The van der Waals surface area contributed by atoms with Crippen LogP contribution in [0, 0.1) is 5.92 Å². The van der Waals surface area contributed by atoms with Crippen LogP contribution >= 0.6 is 0 Å². The van der Waals surface area contributed by atoms with Crippen LogP contribution in [0.1, 0.15) is 69.5 Å². The summed E-state index contributed by atoms with van der Waals surface area (Å²) in [6.45, 7) is 5.48. The third-order valence-corrected chi connectivity index (χ3v) is 4.55. The second-order valence-electron chi connectivity index (χ2n) is 8.15. The van der Waals surface area contributed by atoms with Crippen molar-refractivity contribution in [3.05, 3.63) is 47.6 Å². The fourth-order valence-electron chi connectivity index (χ4n) is 3.07. The zero-order valence-electron chi connectivity index (χ0n) is 16.2. The predicted molar refractivity (Wildman–Crippen MR) is 101 cm³/mol. The van der Waals surface area contributed by atoms with Crippen molar-refractivity contribution in [3.63, 3.8) is 0 Å². The third kappa shape index (κ3) is 4.32. The average molecular weight is 384 g/mol. The molecule has 2 aromatic rings. The number of ether oxygens (including phenoxy) is 1. The molecular formula is C20H24N4O4. The number of benzene rings is 1. The molecule has 0 bridgehead atoms. The van der Waals surface area contributed by atoms with Gasteiger partial charge in [0.1, 0.15) is 5.60 Å². The maximum atomic E-state index is 12.2. The molecule has 0 spiro atoms. The number of hydrogen-bond donors (Lipinski definition) is 1. The highest BCUT2D eigenvalue weighted by molar-refractivity contribution is 6.01. The van der Waals surface area contributed by atoms with E-state index in [1.165, 1.54) is 0 Å². The van der Waals surface area contributed by atoms with Crippen molar-refractivity contribution in [2.75, 3.05) is 0 Å². The van der Waals surface area contributed by atoms with Gasteiger partial charge in [-0.2, -0.15) is 4.98 Å². The lowest BCUT2D eigenvalue weighted by Gasteiger charge is -2.22. The van der Waals surface area contributed by atoms with Crippen molar-refractivity contribution in [3.8, 4) is 0 Å². The summed E-state index contributed by atoms with van der Waals surface area (Å²) < 4.78 is 10.8. The van der Waals surface area contributed by atoms with Gasteiger partial charge in [0.25, 0.3) is 5.89 Å². The van der Waals surface area contributed by atoms with Gasteiger partial charge in [-0.25, -0.2) is 4.79 Å². The van der Waals surface area contributed by atoms with Gasteiger partial charge >= 0.3 is 6.09 Å². The summed E-state index contributed by atoms with van der Waals surface area (Å²) >= 11 is 0. The molecule has 2 aliphatic rings. The highest BCUT2D eigenvalue weighted by Gasteiger charge is 2.39. The summed E-state index contributed by atoms with van der Waals surface area (Å²) in [7, 11) is 0. The lowest BCUT2D eigenvalue weighted by molar-refractivity contribution is 0.0493. The minimum Gasteiger partial charge on any atom is -0.444 e. The van der Waals surface area contributed by atoms with Crippen molar-refractivity contribution in [1.29, 1.82) is 0 Å². The molecule has 148 valence electrons. The van der Waals surface area contributed by atoms with Gasteiger partial charge < -0.3 is 19.4 Å². The average Bonchev–Trinajstić information content (AvgIpc) is 3.16. The maximum Gasteiger partial charge on any atom is 0.408 e. The molecule has 1 aliphatic heterocycles. The Morgan fingerprint density at radius 2 is 2.00 bits per heavy atom. The van der Waals surface area contributed by atoms with Gasteiger partial charge in [-0.1, -0.05) is 40.6 Å². The monoisotopic (exact) mass is 384 g/mol. The molecule has 0 radical (unpaired) electrons. The molecule has 8 nitrogen and oxygen atoms in total. The molecule has 8 heteroatoms. The van der Waals surface area contributed by atoms with Crippen LogP contribution in [0.5, 0.6) is 0 Å². The number of hydrogen-bond acceptors (Lipinski definition) is 7. The van der Waals surface area contributed by atoms with Gasteiger partial charge in [-0.3, -0.25) is 0 Å². The molecule has 1 aromatic carbocycles. The normalized spacial score (nSPS) is 20.2. The minimum atomic E-state index is -0.566. The second-order valence-corrected chi connectivity index (χ2v) is 8.15. The highest BCUT2D eigenvalue weighted by atomic mass is 16.7. The topological polar surface area (TPSA) is 98.8 Å². The first-order valence-corrected chi connectivity index (χ1v) is 9.50. The molecule has 1 saturated carbocycles. The molecule has 1 aliphatic carbocycles. The quantitative estimate of drug-likeness (QED) is 0.839. The zero-order chi connectivity index (χ0) is 19.7. The number of carbonyl (C=O) groups is 1. The summed E-state index contributed by atoms with van der Waals surface area (Å²) in [5.41, 5.74) is 1.28. The largest absolute Gasteiger partial charge is 0.444 e. The second kappa shape index (κ2) is 7.26. The van der Waals surface area contributed by atoms with E-state index in [2.05, 4.69) is 20.6 Å². The zero-order valence-corrected chi connectivity index (χ0v) is 16.2. The van der Waals surface area contributed by atoms with E-state index < -0.39 is 17.8 Å². The summed E-state index contributed by atoms with van der Waals surface area (Å²) in [6, 6.07) is 9.51. The van der Waals surface area contributed by atoms with E-state index in [-0.39, 0.29) is 6.04 Å². The van der Waals surface area contributed by atoms with Crippen molar-refractivity contribution in [2.24, 2.45) is 11.1 Å². The lowest BCUT2D eigenvalue weighted by Crippen LogP contribution is -2.36. The number of alkyl carbamates (subject to hydrolysis) is 1. The Labute approximate surface area is 163 Å². The Morgan fingerprint density at radius 3 is 2.68 bits per heavy atom. The molecular weight excluding hydrogens is 360 g/mol. The molecule has 1 amide bonds. The highest BCUT2D eigenvalue weighted by Crippen LogP contribution is 2.41. The maximum absolute atomic E-state index is 12.2. The molecule has 28 heavy (non-hydrogen) atoms. The van der Waals surface area contributed by atoms with Crippen molar-refractivity contribution < 1.29 is 18.9 Å². The lowest BCUT2D eigenvalue weighted by atomic mass is 10.1. The van der Waals surface area contributed by atoms with Gasteiger partial charge in [0.15, 0.2) is 5.82 Å². The smallest absolute Gasteiger partial charge is 0.408 e. The van der Waals surface area contributed by atoms with Crippen LogP contribution < -0.4 is 5.32 Å². The number of amides is 1. The first-order valence-electron chi connectivity index (χ1n) is 9.50. The Kier molecular flexibility index (Phi) is 4.78. The van der Waals surface area contributed by atoms with E-state index in [1.807, 2.05) is 51.1 Å². The van der Waals surface area contributed by atoms with Crippen LogP contribution in [0.25, 0.3) is 0 Å². The van der Waals surface area contributed by atoms with E-state index in [0.717, 1.165) is 24.1 Å².